The Morgan fingerprint density at radius 1 is 1.05 bits per heavy atom. The van der Waals surface area contributed by atoms with Crippen molar-refractivity contribution in [1.82, 2.24) is 5.32 Å². The summed E-state index contributed by atoms with van der Waals surface area (Å²) in [6, 6.07) is 16.9. The number of hydrogen-bond acceptors (Lipinski definition) is 2. The van der Waals surface area contributed by atoms with Crippen LogP contribution in [0.3, 0.4) is 0 Å². The summed E-state index contributed by atoms with van der Waals surface area (Å²) < 4.78 is 0. The molecule has 0 saturated heterocycles. The molecular weight excluding hydrogens is 234 g/mol. The third kappa shape index (κ3) is 3.91. The van der Waals surface area contributed by atoms with Gasteiger partial charge in [0, 0.05) is 12.6 Å². The zero-order valence-corrected chi connectivity index (χ0v) is 11.6. The fraction of sp³-hybridized carbons (Fsp3) is 0.294. The SMILES string of the molecule is Cc1cccc(C(C)NCc2cccc(CO)c2)c1. The predicted molar refractivity (Wildman–Crippen MR) is 78.8 cm³/mol. The summed E-state index contributed by atoms with van der Waals surface area (Å²) in [6.45, 7) is 5.19. The van der Waals surface area contributed by atoms with Crippen LogP contribution in [0.5, 0.6) is 0 Å². The minimum atomic E-state index is 0.0985. The summed E-state index contributed by atoms with van der Waals surface area (Å²) in [4.78, 5) is 0. The molecule has 0 heterocycles. The highest BCUT2D eigenvalue weighted by Gasteiger charge is 2.05. The van der Waals surface area contributed by atoms with E-state index in [0.717, 1.165) is 12.1 Å². The van der Waals surface area contributed by atoms with Gasteiger partial charge in [-0.05, 0) is 30.5 Å². The van der Waals surface area contributed by atoms with Gasteiger partial charge in [0.05, 0.1) is 6.61 Å². The van der Waals surface area contributed by atoms with E-state index in [1.807, 2.05) is 18.2 Å². The van der Waals surface area contributed by atoms with Crippen molar-refractivity contribution in [3.05, 3.63) is 70.8 Å². The number of aliphatic hydroxyl groups excluding tert-OH is 1. The lowest BCUT2D eigenvalue weighted by atomic mass is 10.1. The maximum absolute atomic E-state index is 9.13. The molecule has 0 bridgehead atoms. The van der Waals surface area contributed by atoms with Crippen LogP contribution in [0.15, 0.2) is 48.5 Å². The van der Waals surface area contributed by atoms with Crippen molar-refractivity contribution in [2.24, 2.45) is 0 Å². The lowest BCUT2D eigenvalue weighted by molar-refractivity contribution is 0.281. The van der Waals surface area contributed by atoms with Crippen molar-refractivity contribution in [1.29, 1.82) is 0 Å². The van der Waals surface area contributed by atoms with E-state index in [1.54, 1.807) is 0 Å². The maximum atomic E-state index is 9.13. The Balaban J connectivity index is 1.98. The van der Waals surface area contributed by atoms with E-state index in [4.69, 9.17) is 5.11 Å². The monoisotopic (exact) mass is 255 g/mol. The zero-order chi connectivity index (χ0) is 13.7. The van der Waals surface area contributed by atoms with Crippen molar-refractivity contribution in [2.45, 2.75) is 33.0 Å². The number of aliphatic hydroxyl groups is 1. The molecule has 2 heteroatoms. The van der Waals surface area contributed by atoms with Crippen LogP contribution in [0.25, 0.3) is 0 Å². The Kier molecular flexibility index (Phi) is 4.72. The second kappa shape index (κ2) is 6.50. The van der Waals surface area contributed by atoms with E-state index in [1.165, 1.54) is 16.7 Å². The lowest BCUT2D eigenvalue weighted by Gasteiger charge is -2.15. The lowest BCUT2D eigenvalue weighted by Crippen LogP contribution is -2.18. The third-order valence-electron chi connectivity index (χ3n) is 3.33. The maximum Gasteiger partial charge on any atom is 0.0681 e. The predicted octanol–water partition coefficient (Wildman–Crippen LogP) is 3.34. The van der Waals surface area contributed by atoms with Gasteiger partial charge in [0.15, 0.2) is 0 Å². The van der Waals surface area contributed by atoms with E-state index in [-0.39, 0.29) is 6.61 Å². The van der Waals surface area contributed by atoms with Crippen LogP contribution in [0.2, 0.25) is 0 Å². The molecule has 1 unspecified atom stereocenters. The molecule has 2 nitrogen and oxygen atoms in total. The van der Waals surface area contributed by atoms with Gasteiger partial charge in [0.2, 0.25) is 0 Å². The summed E-state index contributed by atoms with van der Waals surface area (Å²) in [5.41, 5.74) is 4.75. The molecule has 2 aromatic carbocycles. The summed E-state index contributed by atoms with van der Waals surface area (Å²) in [6.07, 6.45) is 0. The van der Waals surface area contributed by atoms with Crippen LogP contribution < -0.4 is 5.32 Å². The topological polar surface area (TPSA) is 32.3 Å². The van der Waals surface area contributed by atoms with Gasteiger partial charge in [-0.3, -0.25) is 0 Å². The highest BCUT2D eigenvalue weighted by molar-refractivity contribution is 5.26. The van der Waals surface area contributed by atoms with Crippen LogP contribution in [0.4, 0.5) is 0 Å². The molecule has 0 amide bonds. The van der Waals surface area contributed by atoms with Crippen LogP contribution in [-0.4, -0.2) is 5.11 Å². The van der Waals surface area contributed by atoms with Crippen LogP contribution in [-0.2, 0) is 13.2 Å². The largest absolute Gasteiger partial charge is 0.392 e. The average molecular weight is 255 g/mol. The van der Waals surface area contributed by atoms with Crippen LogP contribution in [0.1, 0.15) is 35.2 Å². The van der Waals surface area contributed by atoms with E-state index >= 15 is 0 Å². The Hall–Kier alpha value is -1.64. The molecule has 0 radical (unpaired) electrons. The number of nitrogens with one attached hydrogen (secondary N) is 1. The van der Waals surface area contributed by atoms with E-state index in [2.05, 4.69) is 49.5 Å². The fourth-order valence-corrected chi connectivity index (χ4v) is 2.17. The molecule has 0 fully saturated rings. The van der Waals surface area contributed by atoms with Gasteiger partial charge in [-0.2, -0.15) is 0 Å². The van der Waals surface area contributed by atoms with E-state index in [0.29, 0.717) is 6.04 Å². The van der Waals surface area contributed by atoms with Gasteiger partial charge in [-0.15, -0.1) is 0 Å². The smallest absolute Gasteiger partial charge is 0.0681 e. The van der Waals surface area contributed by atoms with Gasteiger partial charge in [-0.1, -0.05) is 54.1 Å². The molecule has 0 spiro atoms. The molecule has 19 heavy (non-hydrogen) atoms. The van der Waals surface area contributed by atoms with Gasteiger partial charge in [-0.25, -0.2) is 0 Å². The summed E-state index contributed by atoms with van der Waals surface area (Å²) in [5, 5.41) is 12.6. The second-order valence-electron chi connectivity index (χ2n) is 4.99. The Morgan fingerprint density at radius 2 is 1.79 bits per heavy atom. The van der Waals surface area contributed by atoms with Gasteiger partial charge in [0.1, 0.15) is 0 Å². The molecule has 0 aliphatic heterocycles. The molecule has 100 valence electrons. The van der Waals surface area contributed by atoms with Crippen LogP contribution in [0, 0.1) is 6.92 Å². The normalized spacial score (nSPS) is 12.4. The molecular formula is C17H21NO. The van der Waals surface area contributed by atoms with Crippen molar-refractivity contribution in [3.8, 4) is 0 Å². The molecule has 2 N–H and O–H groups in total. The fourth-order valence-electron chi connectivity index (χ4n) is 2.17. The Morgan fingerprint density at radius 3 is 2.53 bits per heavy atom. The zero-order valence-electron chi connectivity index (χ0n) is 11.6. The molecule has 1 atom stereocenters. The summed E-state index contributed by atoms with van der Waals surface area (Å²) in [7, 11) is 0. The van der Waals surface area contributed by atoms with Crippen molar-refractivity contribution in [2.75, 3.05) is 0 Å². The molecule has 0 saturated carbocycles. The quantitative estimate of drug-likeness (QED) is 0.859. The summed E-state index contributed by atoms with van der Waals surface area (Å²) in [5.74, 6) is 0. The van der Waals surface area contributed by atoms with Gasteiger partial charge in [0.25, 0.3) is 0 Å². The first-order valence-electron chi connectivity index (χ1n) is 6.67. The molecule has 2 aromatic rings. The highest BCUT2D eigenvalue weighted by atomic mass is 16.3. The van der Waals surface area contributed by atoms with E-state index < -0.39 is 0 Å². The summed E-state index contributed by atoms with van der Waals surface area (Å²) >= 11 is 0. The molecule has 0 aliphatic carbocycles. The molecule has 0 aliphatic rings. The molecule has 0 aromatic heterocycles. The van der Waals surface area contributed by atoms with Crippen LogP contribution >= 0.6 is 0 Å². The Bertz CT molecular complexity index is 536. The minimum absolute atomic E-state index is 0.0985. The average Bonchev–Trinajstić information content (AvgIpc) is 2.45. The number of benzene rings is 2. The Labute approximate surface area is 115 Å². The van der Waals surface area contributed by atoms with E-state index in [9.17, 15) is 0 Å². The first kappa shape index (κ1) is 13.8. The molecule has 2 rings (SSSR count). The van der Waals surface area contributed by atoms with Gasteiger partial charge < -0.3 is 10.4 Å². The first-order valence-corrected chi connectivity index (χ1v) is 6.67. The minimum Gasteiger partial charge on any atom is -0.392 e. The first-order chi connectivity index (χ1) is 9.19. The number of rotatable bonds is 5. The third-order valence-corrected chi connectivity index (χ3v) is 3.33. The van der Waals surface area contributed by atoms with Crippen molar-refractivity contribution >= 4 is 0 Å². The highest BCUT2D eigenvalue weighted by Crippen LogP contribution is 2.15. The van der Waals surface area contributed by atoms with Gasteiger partial charge >= 0.3 is 0 Å². The number of aryl methyl sites for hydroxylation is 1. The number of hydrogen-bond donors (Lipinski definition) is 2. The standard InChI is InChI=1S/C17H21NO/c1-13-5-3-8-17(9-13)14(2)18-11-15-6-4-7-16(10-15)12-19/h3-10,14,18-19H,11-12H2,1-2H3. The van der Waals surface area contributed by atoms with Crippen molar-refractivity contribution < 1.29 is 5.11 Å². The second-order valence-corrected chi connectivity index (χ2v) is 4.99. The van der Waals surface area contributed by atoms with Crippen molar-refractivity contribution in [3.63, 3.8) is 0 Å².